The number of amides is 1. The molecule has 0 aliphatic carbocycles. The Balaban J connectivity index is 3.92. The normalized spacial score (nSPS) is 18.2. The van der Waals surface area contributed by atoms with Crippen LogP contribution in [0, 0.1) is 0 Å². The van der Waals surface area contributed by atoms with Gasteiger partial charge in [-0.15, -0.1) is 0 Å². The number of carbonyl (C=O) groups is 1. The molecule has 0 aliphatic rings. The van der Waals surface area contributed by atoms with E-state index in [9.17, 15) is 9.00 Å². The van der Waals surface area contributed by atoms with E-state index < -0.39 is 22.7 Å². The molecule has 4 nitrogen and oxygen atoms in total. The minimum Gasteiger partial charge on any atom is -0.368 e. The molecule has 0 saturated carbocycles. The van der Waals surface area contributed by atoms with E-state index in [1.54, 1.807) is 0 Å². The van der Waals surface area contributed by atoms with E-state index in [0.29, 0.717) is 0 Å². The Morgan fingerprint density at radius 3 is 2.42 bits per heavy atom. The molecule has 0 heterocycles. The fourth-order valence-corrected chi connectivity index (χ4v) is 1.83. The minimum atomic E-state index is -1.04. The number of hydrogen-bond donors (Lipinski definition) is 2. The molecule has 0 aromatic carbocycles. The van der Waals surface area contributed by atoms with Crippen molar-refractivity contribution in [1.82, 2.24) is 0 Å². The van der Waals surface area contributed by atoms with Gasteiger partial charge in [0.25, 0.3) is 0 Å². The van der Waals surface area contributed by atoms with Crippen molar-refractivity contribution in [2.75, 3.05) is 5.75 Å². The quantitative estimate of drug-likeness (QED) is 0.606. The van der Waals surface area contributed by atoms with Crippen LogP contribution in [0.3, 0.4) is 0 Å². The van der Waals surface area contributed by atoms with E-state index in [2.05, 4.69) is 0 Å². The van der Waals surface area contributed by atoms with Crippen LogP contribution in [0.1, 0.15) is 20.3 Å². The molecule has 0 fully saturated rings. The lowest BCUT2D eigenvalue weighted by Gasteiger charge is -2.11. The average Bonchev–Trinajstić information content (AvgIpc) is 2.02. The van der Waals surface area contributed by atoms with Crippen molar-refractivity contribution < 1.29 is 9.00 Å². The SMILES string of the molecule is CCC(C)S(=O)CC(N)C(N)=O. The molecule has 3 atom stereocenters. The summed E-state index contributed by atoms with van der Waals surface area (Å²) in [7, 11) is -1.04. The zero-order chi connectivity index (χ0) is 9.72. The standard InChI is InChI=1S/C7H16N2O2S/c1-3-5(2)12(11)4-6(8)7(9)10/h5-6H,3-4,8H2,1-2H3,(H2,9,10). The second-order valence-electron chi connectivity index (χ2n) is 2.78. The Kier molecular flexibility index (Phi) is 5.08. The van der Waals surface area contributed by atoms with Gasteiger partial charge in [0.2, 0.25) is 5.91 Å². The van der Waals surface area contributed by atoms with Crippen LogP contribution in [0.15, 0.2) is 0 Å². The first kappa shape index (κ1) is 11.6. The summed E-state index contributed by atoms with van der Waals surface area (Å²) in [5, 5.41) is 0.0791. The molecule has 0 saturated heterocycles. The summed E-state index contributed by atoms with van der Waals surface area (Å²) < 4.78 is 11.3. The van der Waals surface area contributed by atoms with E-state index in [4.69, 9.17) is 11.5 Å². The second kappa shape index (κ2) is 5.27. The predicted octanol–water partition coefficient (Wildman–Crippen LogP) is -0.654. The molecule has 5 heteroatoms. The summed E-state index contributed by atoms with van der Waals surface area (Å²) in [6, 6.07) is -0.778. The number of carbonyl (C=O) groups excluding carboxylic acids is 1. The number of nitrogens with two attached hydrogens (primary N) is 2. The van der Waals surface area contributed by atoms with Crippen LogP contribution in [0.2, 0.25) is 0 Å². The Hall–Kier alpha value is -0.420. The van der Waals surface area contributed by atoms with Gasteiger partial charge in [-0.05, 0) is 6.42 Å². The second-order valence-corrected chi connectivity index (χ2v) is 4.67. The summed E-state index contributed by atoms with van der Waals surface area (Å²) in [5.41, 5.74) is 10.3. The van der Waals surface area contributed by atoms with Crippen LogP contribution in [0.25, 0.3) is 0 Å². The molecular weight excluding hydrogens is 176 g/mol. The van der Waals surface area contributed by atoms with E-state index in [1.807, 2.05) is 13.8 Å². The van der Waals surface area contributed by atoms with Crippen molar-refractivity contribution in [1.29, 1.82) is 0 Å². The lowest BCUT2D eigenvalue weighted by molar-refractivity contribution is -0.118. The van der Waals surface area contributed by atoms with Gasteiger partial charge in [-0.1, -0.05) is 13.8 Å². The van der Waals surface area contributed by atoms with Crippen molar-refractivity contribution in [2.24, 2.45) is 11.5 Å². The molecule has 72 valence electrons. The van der Waals surface area contributed by atoms with Crippen molar-refractivity contribution in [2.45, 2.75) is 31.6 Å². The number of rotatable bonds is 5. The summed E-state index contributed by atoms with van der Waals surface area (Å²) in [5.74, 6) is -0.420. The number of primary amides is 1. The van der Waals surface area contributed by atoms with Crippen molar-refractivity contribution in [3.8, 4) is 0 Å². The molecule has 4 N–H and O–H groups in total. The van der Waals surface area contributed by atoms with Gasteiger partial charge in [-0.3, -0.25) is 9.00 Å². The fraction of sp³-hybridized carbons (Fsp3) is 0.857. The third kappa shape index (κ3) is 3.82. The third-order valence-electron chi connectivity index (χ3n) is 1.73. The largest absolute Gasteiger partial charge is 0.368 e. The van der Waals surface area contributed by atoms with E-state index >= 15 is 0 Å². The van der Waals surface area contributed by atoms with Gasteiger partial charge >= 0.3 is 0 Å². The van der Waals surface area contributed by atoms with Gasteiger partial charge in [-0.2, -0.15) is 0 Å². The molecule has 12 heavy (non-hydrogen) atoms. The van der Waals surface area contributed by atoms with Crippen LogP contribution >= 0.6 is 0 Å². The lowest BCUT2D eigenvalue weighted by Crippen LogP contribution is -2.41. The highest BCUT2D eigenvalue weighted by atomic mass is 32.2. The van der Waals surface area contributed by atoms with Crippen molar-refractivity contribution in [3.63, 3.8) is 0 Å². The van der Waals surface area contributed by atoms with Gasteiger partial charge in [0.05, 0.1) is 6.04 Å². The Bertz CT molecular complexity index is 184. The summed E-state index contributed by atoms with van der Waals surface area (Å²) in [6.07, 6.45) is 0.818. The van der Waals surface area contributed by atoms with Crippen LogP contribution in [0.5, 0.6) is 0 Å². The molecule has 3 unspecified atom stereocenters. The third-order valence-corrected chi connectivity index (χ3v) is 3.65. The smallest absolute Gasteiger partial charge is 0.235 e. The first-order valence-electron chi connectivity index (χ1n) is 3.91. The topological polar surface area (TPSA) is 86.2 Å². The Morgan fingerprint density at radius 2 is 2.08 bits per heavy atom. The van der Waals surface area contributed by atoms with Crippen LogP contribution in [0.4, 0.5) is 0 Å². The summed E-state index contributed by atoms with van der Waals surface area (Å²) in [6.45, 7) is 3.81. The maximum atomic E-state index is 11.3. The zero-order valence-electron chi connectivity index (χ0n) is 7.45. The van der Waals surface area contributed by atoms with Crippen LogP contribution < -0.4 is 11.5 Å². The van der Waals surface area contributed by atoms with Gasteiger partial charge < -0.3 is 11.5 Å². The maximum absolute atomic E-state index is 11.3. The monoisotopic (exact) mass is 192 g/mol. The van der Waals surface area contributed by atoms with E-state index in [1.165, 1.54) is 0 Å². The Labute approximate surface area is 75.1 Å². The molecule has 1 amide bonds. The average molecular weight is 192 g/mol. The van der Waals surface area contributed by atoms with Gasteiger partial charge in [0.15, 0.2) is 0 Å². The minimum absolute atomic E-state index is 0.0791. The van der Waals surface area contributed by atoms with Gasteiger partial charge in [0.1, 0.15) is 0 Å². The van der Waals surface area contributed by atoms with E-state index in [0.717, 1.165) is 6.42 Å². The highest BCUT2D eigenvalue weighted by molar-refractivity contribution is 7.85. The predicted molar refractivity (Wildman–Crippen MR) is 49.9 cm³/mol. The summed E-state index contributed by atoms with van der Waals surface area (Å²) >= 11 is 0. The molecule has 0 aromatic heterocycles. The molecule has 0 aromatic rings. The molecule has 0 radical (unpaired) electrons. The van der Waals surface area contributed by atoms with Gasteiger partial charge in [0, 0.05) is 21.8 Å². The lowest BCUT2D eigenvalue weighted by atomic mass is 10.3. The maximum Gasteiger partial charge on any atom is 0.235 e. The Morgan fingerprint density at radius 1 is 1.58 bits per heavy atom. The highest BCUT2D eigenvalue weighted by Crippen LogP contribution is 2.01. The fourth-order valence-electron chi connectivity index (χ4n) is 0.609. The van der Waals surface area contributed by atoms with Crippen LogP contribution in [-0.4, -0.2) is 27.2 Å². The number of hydrogen-bond acceptors (Lipinski definition) is 3. The first-order chi connectivity index (χ1) is 5.49. The van der Waals surface area contributed by atoms with Gasteiger partial charge in [-0.25, -0.2) is 0 Å². The highest BCUT2D eigenvalue weighted by Gasteiger charge is 2.16. The van der Waals surface area contributed by atoms with Crippen LogP contribution in [-0.2, 0) is 15.6 Å². The first-order valence-corrected chi connectivity index (χ1v) is 5.29. The van der Waals surface area contributed by atoms with Crippen molar-refractivity contribution in [3.05, 3.63) is 0 Å². The zero-order valence-corrected chi connectivity index (χ0v) is 8.26. The molecule has 0 bridgehead atoms. The van der Waals surface area contributed by atoms with Crippen molar-refractivity contribution >= 4 is 16.7 Å². The molecule has 0 spiro atoms. The molecule has 0 aliphatic heterocycles. The van der Waals surface area contributed by atoms with E-state index in [-0.39, 0.29) is 11.0 Å². The summed E-state index contributed by atoms with van der Waals surface area (Å²) in [4.78, 5) is 10.5. The molecule has 0 rings (SSSR count). The molecular formula is C7H16N2O2S.